The second-order valence-electron chi connectivity index (χ2n) is 39.3. The van der Waals surface area contributed by atoms with Gasteiger partial charge in [0, 0.05) is 59.4 Å². The van der Waals surface area contributed by atoms with E-state index in [9.17, 15) is 24.9 Å². The zero-order valence-corrected chi connectivity index (χ0v) is 83.0. The van der Waals surface area contributed by atoms with Crippen molar-refractivity contribution in [2.75, 3.05) is 39.5 Å². The number of carbonyl (C=O) groups is 2. The first-order chi connectivity index (χ1) is 58.0. The first kappa shape index (κ1) is 114. The topological polar surface area (TPSA) is 262 Å². The lowest BCUT2D eigenvalue weighted by molar-refractivity contribution is -0.150. The smallest absolute Gasteiger partial charge is 0.394 e. The van der Waals surface area contributed by atoms with E-state index in [0.29, 0.717) is 18.8 Å². The first-order valence-corrected chi connectivity index (χ1v) is 43.7. The highest BCUT2D eigenvalue weighted by Crippen LogP contribution is 2.30. The molecule has 1 atom stereocenters. The van der Waals surface area contributed by atoms with Crippen molar-refractivity contribution in [2.24, 2.45) is 5.73 Å². The highest BCUT2D eigenvalue weighted by Gasteiger charge is 2.27. The van der Waals surface area contributed by atoms with Crippen molar-refractivity contribution >= 4 is 11.9 Å². The number of ether oxygens (including phenoxy) is 2. The molecule has 0 aliphatic rings. The standard InChI is InChI=1S/C13H17NO3.C13H20O3.C12H18O.C11H17N.C11H13N.C11H16O.C11H16.C10H15N.C10H14O.C9H13NO/c1-9-4-6-10(7-5-9)13(2,3)8-14-11(15)12(16)17;1-10-4-6-11(7-5-10)13(2,3)16-9-12(15)8-14;1-5-13-12(3,4)11-8-6-10(2)7-9-11;3*1-9-4-6-10(7-5-9)11(2,3)8-12;1-9-6-5-7-10(8-9)11(2,3)4;1-8-5-6-9(11-7-8)10(2,3)4;1-8-4-6-9(7-5-8)10(2,3)11;1-7-4-5-8(10-6-7)9(2,3)11/h4-7H,8H2,1-3H3,(H,14,15)(H,16,17);4-7,12,14-15H,8-9H2,1-3H3;6-9H,5H2,1-4H3;4-7H,8,12H2,1-3H3;4-7H,1-3H3;4-7,12H,8H2,1-3H3;5-8H,1-4H3;5-7H,1-4H3;4-7,11H,1-3H3;4-6,11H,1-3H3. The van der Waals surface area contributed by atoms with Crippen LogP contribution in [0.3, 0.4) is 0 Å². The van der Waals surface area contributed by atoms with Crippen molar-refractivity contribution in [1.82, 2.24) is 15.3 Å². The molecular weight excluding hydrogens is 1560 g/mol. The average Bonchev–Trinajstić information content (AvgIpc) is 0.835. The third-order valence-corrected chi connectivity index (χ3v) is 21.0. The number of carbonyl (C=O) groups excluding carboxylic acids is 1. The number of pyridine rings is 2. The van der Waals surface area contributed by atoms with E-state index in [1.807, 2.05) is 212 Å². The fraction of sp³-hybridized carbons (Fsp3) is 0.450. The van der Waals surface area contributed by atoms with Gasteiger partial charge in [-0.15, -0.1) is 0 Å². The number of hydrogen-bond acceptors (Lipinski definition) is 13. The average molecular weight is 1720 g/mol. The number of rotatable bonds is 18. The van der Waals surface area contributed by atoms with Gasteiger partial charge in [-0.1, -0.05) is 334 Å². The Morgan fingerprint density at radius 2 is 0.722 bits per heavy atom. The van der Waals surface area contributed by atoms with Crippen LogP contribution in [0.25, 0.3) is 0 Å². The van der Waals surface area contributed by atoms with Crippen molar-refractivity contribution in [3.05, 3.63) is 342 Å². The SMILES string of the molecule is CCOC(C)(C)c1ccc(C)cc1.Cc1ccc(C(C)(C)C#N)cc1.Cc1ccc(C(C)(C)C)nc1.Cc1ccc(C(C)(C)CN)cc1.Cc1ccc(C(C)(C)CNC(=O)C(=O)O)cc1.Cc1ccc(C(C)(C)CO)cc1.Cc1ccc(C(C)(C)O)cc1.Cc1ccc(C(C)(C)O)nc1.Cc1ccc(C(C)(C)OCC(O)CO)cc1.Cc1cccc(C(C)(C)C)c1. The van der Waals surface area contributed by atoms with Crippen LogP contribution in [0.4, 0.5) is 0 Å². The van der Waals surface area contributed by atoms with Crippen LogP contribution in [0.15, 0.2) is 231 Å². The van der Waals surface area contributed by atoms with E-state index in [4.69, 9.17) is 35.8 Å². The van der Waals surface area contributed by atoms with Crippen LogP contribution in [0.1, 0.15) is 271 Å². The molecular formula is C111H159N5O10. The predicted octanol–water partition coefficient (Wildman–Crippen LogP) is 23.5. The van der Waals surface area contributed by atoms with Gasteiger partial charge in [0.15, 0.2) is 0 Å². The number of benzene rings is 8. The van der Waals surface area contributed by atoms with Gasteiger partial charge in [0.25, 0.3) is 0 Å². The molecule has 15 nitrogen and oxygen atoms in total. The van der Waals surface area contributed by atoms with E-state index in [0.717, 1.165) is 40.1 Å². The maximum absolute atomic E-state index is 11.0. The Morgan fingerprint density at radius 1 is 0.397 bits per heavy atom. The zero-order chi connectivity index (χ0) is 96.6. The van der Waals surface area contributed by atoms with Crippen LogP contribution in [0, 0.1) is 80.6 Å². The molecule has 0 radical (unpaired) electrons. The Labute approximate surface area is 760 Å². The predicted molar refractivity (Wildman–Crippen MR) is 526 cm³/mol. The van der Waals surface area contributed by atoms with Crippen LogP contribution in [0.5, 0.6) is 0 Å². The molecule has 0 aliphatic heterocycles. The minimum atomic E-state index is -1.45. The minimum Gasteiger partial charge on any atom is -0.474 e. The molecule has 15 heteroatoms. The van der Waals surface area contributed by atoms with Gasteiger partial charge in [0.1, 0.15) is 11.7 Å². The number of nitrogens with zero attached hydrogens (tertiary/aromatic N) is 3. The van der Waals surface area contributed by atoms with Crippen LogP contribution in [0.2, 0.25) is 0 Å². The van der Waals surface area contributed by atoms with E-state index in [1.165, 1.54) is 72.3 Å². The van der Waals surface area contributed by atoms with Crippen LogP contribution >= 0.6 is 0 Å². The second kappa shape index (κ2) is 52.5. The van der Waals surface area contributed by atoms with Crippen molar-refractivity contribution in [3.8, 4) is 6.07 Å². The fourth-order valence-corrected chi connectivity index (χ4v) is 11.3. The third-order valence-electron chi connectivity index (χ3n) is 21.0. The normalized spacial score (nSPS) is 11.8. The highest BCUT2D eigenvalue weighted by molar-refractivity contribution is 6.31. The van der Waals surface area contributed by atoms with E-state index < -0.39 is 34.8 Å². The minimum absolute atomic E-state index is 0.105. The maximum Gasteiger partial charge on any atom is 0.394 e. The van der Waals surface area contributed by atoms with E-state index >= 15 is 0 Å². The number of nitrogens with one attached hydrogen (secondary N) is 1. The molecule has 0 aliphatic carbocycles. The third kappa shape index (κ3) is 44.5. The van der Waals surface area contributed by atoms with Crippen molar-refractivity contribution < 1.29 is 49.7 Å². The molecule has 10 aromatic rings. The molecule has 0 saturated heterocycles. The van der Waals surface area contributed by atoms with E-state index in [1.54, 1.807) is 33.9 Å². The lowest BCUT2D eigenvalue weighted by atomic mass is 9.84. The molecule has 2 heterocycles. The fourth-order valence-electron chi connectivity index (χ4n) is 11.3. The summed E-state index contributed by atoms with van der Waals surface area (Å²) >= 11 is 0. The monoisotopic (exact) mass is 1720 g/mol. The number of nitriles is 1. The summed E-state index contributed by atoms with van der Waals surface area (Å²) in [5, 5.41) is 65.9. The van der Waals surface area contributed by atoms with Crippen LogP contribution < -0.4 is 11.1 Å². The summed E-state index contributed by atoms with van der Waals surface area (Å²) in [5.41, 5.74) is 26.8. The van der Waals surface area contributed by atoms with Gasteiger partial charge < -0.3 is 51.2 Å². The molecule has 1 amide bonds. The van der Waals surface area contributed by atoms with Gasteiger partial charge >= 0.3 is 11.9 Å². The number of carboxylic acid groups (broad SMARTS) is 1. The number of amides is 1. The molecule has 2 aromatic heterocycles. The Morgan fingerprint density at radius 3 is 1.00 bits per heavy atom. The summed E-state index contributed by atoms with van der Waals surface area (Å²) in [6, 6.07) is 76.4. The second-order valence-corrected chi connectivity index (χ2v) is 39.3. The number of hydrogen-bond donors (Lipinski definition) is 8. The Kier molecular flexibility index (Phi) is 47.5. The van der Waals surface area contributed by atoms with Gasteiger partial charge in [-0.05, 0) is 219 Å². The summed E-state index contributed by atoms with van der Waals surface area (Å²) in [7, 11) is 0. The van der Waals surface area contributed by atoms with Crippen LogP contribution in [-0.2, 0) is 74.0 Å². The molecule has 126 heavy (non-hydrogen) atoms. The number of aliphatic hydroxyl groups excluding tert-OH is 3. The number of aliphatic hydroxyl groups is 5. The Bertz CT molecular complexity index is 4580. The van der Waals surface area contributed by atoms with Crippen molar-refractivity contribution in [2.45, 2.75) is 289 Å². The summed E-state index contributed by atoms with van der Waals surface area (Å²) in [4.78, 5) is 29.8. The van der Waals surface area contributed by atoms with E-state index in [-0.39, 0.29) is 57.9 Å². The summed E-state index contributed by atoms with van der Waals surface area (Å²) in [5.74, 6) is -2.42. The Hall–Kier alpha value is -9.83. The molecule has 0 fully saturated rings. The zero-order valence-electron chi connectivity index (χ0n) is 83.0. The number of nitrogens with two attached hydrogens (primary N) is 1. The molecule has 0 saturated carbocycles. The molecule has 8 aromatic carbocycles. The van der Waals surface area contributed by atoms with Crippen LogP contribution in [-0.4, -0.2) is 98.1 Å². The summed E-state index contributed by atoms with van der Waals surface area (Å²) in [6.45, 7) is 68.9. The highest BCUT2D eigenvalue weighted by atomic mass is 16.5. The van der Waals surface area contributed by atoms with Gasteiger partial charge in [-0.2, -0.15) is 5.26 Å². The Balaban J connectivity index is 0.000000702. The number of aliphatic carboxylic acids is 1. The molecule has 0 spiro atoms. The van der Waals surface area contributed by atoms with Gasteiger partial charge in [0.05, 0.1) is 53.8 Å². The maximum atomic E-state index is 11.0. The van der Waals surface area contributed by atoms with Gasteiger partial charge in [-0.25, -0.2) is 4.79 Å². The number of aromatic nitrogens is 2. The lowest BCUT2D eigenvalue weighted by Crippen LogP contribution is -2.39. The van der Waals surface area contributed by atoms with E-state index in [2.05, 4.69) is 234 Å². The lowest BCUT2D eigenvalue weighted by Gasteiger charge is -2.27. The molecule has 1 unspecified atom stereocenters. The van der Waals surface area contributed by atoms with Crippen molar-refractivity contribution in [3.63, 3.8) is 0 Å². The van der Waals surface area contributed by atoms with Crippen molar-refractivity contribution in [1.29, 1.82) is 5.26 Å². The van der Waals surface area contributed by atoms with Gasteiger partial charge in [-0.3, -0.25) is 14.8 Å². The molecule has 688 valence electrons. The molecule has 10 rings (SSSR count). The number of carboxylic acids is 1. The van der Waals surface area contributed by atoms with Gasteiger partial charge in [0.2, 0.25) is 0 Å². The summed E-state index contributed by atoms with van der Waals surface area (Å²) in [6.07, 6.45) is 2.86. The molecule has 9 N–H and O–H groups in total. The summed E-state index contributed by atoms with van der Waals surface area (Å²) < 4.78 is 11.3. The molecule has 0 bridgehead atoms. The number of aryl methyl sites for hydroxylation is 10. The quantitative estimate of drug-likeness (QED) is 0.0372. The first-order valence-electron chi connectivity index (χ1n) is 43.7. The largest absolute Gasteiger partial charge is 0.474 e.